The molecular formula is C21H22N2O4S. The first kappa shape index (κ1) is 21.3. The number of esters is 1. The molecule has 0 aliphatic heterocycles. The van der Waals surface area contributed by atoms with E-state index in [2.05, 4.69) is 12.2 Å². The summed E-state index contributed by atoms with van der Waals surface area (Å²) in [6, 6.07) is 11.1. The fourth-order valence-electron chi connectivity index (χ4n) is 2.56. The predicted octanol–water partition coefficient (Wildman–Crippen LogP) is 4.00. The Kier molecular flexibility index (Phi) is 7.90. The molecular weight excluding hydrogens is 376 g/mol. The van der Waals surface area contributed by atoms with Crippen molar-refractivity contribution in [1.29, 1.82) is 5.26 Å². The summed E-state index contributed by atoms with van der Waals surface area (Å²) in [4.78, 5) is 24.7. The van der Waals surface area contributed by atoms with Crippen molar-refractivity contribution in [3.63, 3.8) is 0 Å². The van der Waals surface area contributed by atoms with Crippen LogP contribution >= 0.6 is 11.8 Å². The fourth-order valence-corrected chi connectivity index (χ4v) is 3.14. The first-order valence-corrected chi connectivity index (χ1v) is 9.59. The Hall–Kier alpha value is -2.98. The van der Waals surface area contributed by atoms with Crippen LogP contribution in [0.25, 0.3) is 0 Å². The summed E-state index contributed by atoms with van der Waals surface area (Å²) >= 11 is 1.06. The summed E-state index contributed by atoms with van der Waals surface area (Å²) in [6.45, 7) is 5.07. The van der Waals surface area contributed by atoms with E-state index >= 15 is 0 Å². The number of nitriles is 1. The van der Waals surface area contributed by atoms with Gasteiger partial charge in [0.25, 0.3) is 5.91 Å². The molecule has 28 heavy (non-hydrogen) atoms. The number of thioether (sulfide) groups is 1. The summed E-state index contributed by atoms with van der Waals surface area (Å²) in [5.74, 6) is -0.489. The van der Waals surface area contributed by atoms with Crippen molar-refractivity contribution in [3.05, 3.63) is 53.1 Å². The van der Waals surface area contributed by atoms with Crippen molar-refractivity contribution < 1.29 is 19.1 Å². The number of hydrogen-bond donors (Lipinski definition) is 1. The number of nitrogens with zero attached hydrogens (tertiary/aromatic N) is 1. The average molecular weight is 398 g/mol. The highest BCUT2D eigenvalue weighted by molar-refractivity contribution is 8.03. The van der Waals surface area contributed by atoms with E-state index in [1.54, 1.807) is 12.1 Å². The summed E-state index contributed by atoms with van der Waals surface area (Å²) < 4.78 is 10.3. The number of carbonyl (C=O) groups is 2. The molecule has 0 spiro atoms. The molecule has 6 nitrogen and oxygen atoms in total. The highest BCUT2D eigenvalue weighted by Gasteiger charge is 2.12. The molecule has 146 valence electrons. The molecule has 2 aromatic rings. The van der Waals surface area contributed by atoms with Gasteiger partial charge in [0.2, 0.25) is 0 Å². The van der Waals surface area contributed by atoms with E-state index < -0.39 is 18.5 Å². The Bertz CT molecular complexity index is 865. The number of thiocyanates is 1. The van der Waals surface area contributed by atoms with Crippen molar-refractivity contribution in [2.75, 3.05) is 18.5 Å². The Morgan fingerprint density at radius 1 is 1.11 bits per heavy atom. The lowest BCUT2D eigenvalue weighted by Crippen LogP contribution is -2.24. The van der Waals surface area contributed by atoms with Crippen LogP contribution in [0.15, 0.2) is 41.3 Å². The van der Waals surface area contributed by atoms with Gasteiger partial charge in [0, 0.05) is 10.6 Å². The molecule has 0 unspecified atom stereocenters. The molecule has 2 aromatic carbocycles. The molecule has 2 rings (SSSR count). The highest BCUT2D eigenvalue weighted by Crippen LogP contribution is 2.27. The SMILES string of the molecule is CCc1ccc(OCC(=O)OCC(=O)Nc2c(C)cc(SC#N)cc2C)cc1. The topological polar surface area (TPSA) is 88.4 Å². The quantitative estimate of drug-likeness (QED) is 0.411. The summed E-state index contributed by atoms with van der Waals surface area (Å²) in [7, 11) is 0. The number of benzene rings is 2. The first-order chi connectivity index (χ1) is 13.4. The lowest BCUT2D eigenvalue weighted by Gasteiger charge is -2.13. The minimum atomic E-state index is -0.621. The molecule has 0 bridgehead atoms. The largest absolute Gasteiger partial charge is 0.482 e. The van der Waals surface area contributed by atoms with Gasteiger partial charge in [-0.3, -0.25) is 4.79 Å². The van der Waals surface area contributed by atoms with Gasteiger partial charge in [0.1, 0.15) is 11.2 Å². The monoisotopic (exact) mass is 398 g/mol. The van der Waals surface area contributed by atoms with Crippen molar-refractivity contribution in [3.8, 4) is 11.2 Å². The van der Waals surface area contributed by atoms with E-state index in [1.165, 1.54) is 5.56 Å². The number of ether oxygens (including phenoxy) is 2. The summed E-state index contributed by atoms with van der Waals surface area (Å²) in [5.41, 5.74) is 3.49. The van der Waals surface area contributed by atoms with Gasteiger partial charge < -0.3 is 14.8 Å². The van der Waals surface area contributed by atoms with E-state index in [0.717, 1.165) is 34.2 Å². The van der Waals surface area contributed by atoms with Crippen LogP contribution < -0.4 is 10.1 Å². The zero-order valence-electron chi connectivity index (χ0n) is 16.1. The number of nitrogens with one attached hydrogen (secondary N) is 1. The Labute approximate surface area is 168 Å². The standard InChI is InChI=1S/C21H22N2O4S/c1-4-16-5-7-17(8-6-16)26-12-20(25)27-11-19(24)23-21-14(2)9-18(28-13-22)10-15(21)3/h5-10H,4,11-12H2,1-3H3,(H,23,24). The zero-order chi connectivity index (χ0) is 20.5. The minimum Gasteiger partial charge on any atom is -0.482 e. The molecule has 0 radical (unpaired) electrons. The molecule has 0 heterocycles. The number of amides is 1. The average Bonchev–Trinajstić information content (AvgIpc) is 2.68. The van der Waals surface area contributed by atoms with Gasteiger partial charge in [-0.15, -0.1) is 0 Å². The molecule has 0 aliphatic carbocycles. The number of carbonyl (C=O) groups excluding carboxylic acids is 2. The van der Waals surface area contributed by atoms with Gasteiger partial charge in [-0.05, 0) is 73.0 Å². The van der Waals surface area contributed by atoms with Crippen molar-refractivity contribution in [2.45, 2.75) is 32.1 Å². The minimum absolute atomic E-state index is 0.267. The lowest BCUT2D eigenvalue weighted by atomic mass is 10.1. The van der Waals surface area contributed by atoms with Crippen LogP contribution in [0.3, 0.4) is 0 Å². The van der Waals surface area contributed by atoms with Gasteiger partial charge in [0.05, 0.1) is 0 Å². The van der Waals surface area contributed by atoms with Crippen LogP contribution in [0.1, 0.15) is 23.6 Å². The third kappa shape index (κ3) is 6.32. The normalized spacial score (nSPS) is 10.1. The van der Waals surface area contributed by atoms with E-state index in [-0.39, 0.29) is 6.61 Å². The van der Waals surface area contributed by atoms with E-state index in [0.29, 0.717) is 11.4 Å². The maximum Gasteiger partial charge on any atom is 0.344 e. The van der Waals surface area contributed by atoms with Crippen molar-refractivity contribution in [2.24, 2.45) is 0 Å². The van der Waals surface area contributed by atoms with Gasteiger partial charge >= 0.3 is 5.97 Å². The molecule has 0 aromatic heterocycles. The number of aryl methyl sites for hydroxylation is 3. The van der Waals surface area contributed by atoms with Crippen molar-refractivity contribution in [1.82, 2.24) is 0 Å². The van der Waals surface area contributed by atoms with Crippen LogP contribution in [-0.2, 0) is 20.7 Å². The van der Waals surface area contributed by atoms with E-state index in [9.17, 15) is 9.59 Å². The Morgan fingerprint density at radius 3 is 2.32 bits per heavy atom. The third-order valence-corrected chi connectivity index (χ3v) is 4.55. The van der Waals surface area contributed by atoms with Crippen LogP contribution in [0.4, 0.5) is 5.69 Å². The molecule has 0 saturated heterocycles. The molecule has 1 N–H and O–H groups in total. The molecule has 1 amide bonds. The second kappa shape index (κ2) is 10.4. The van der Waals surface area contributed by atoms with E-state index in [1.807, 2.05) is 43.5 Å². The smallest absolute Gasteiger partial charge is 0.344 e. The Balaban J connectivity index is 1.81. The first-order valence-electron chi connectivity index (χ1n) is 8.77. The van der Waals surface area contributed by atoms with Gasteiger partial charge in [-0.25, -0.2) is 4.79 Å². The maximum absolute atomic E-state index is 12.1. The summed E-state index contributed by atoms with van der Waals surface area (Å²) in [5, 5.41) is 13.5. The number of anilines is 1. The van der Waals surface area contributed by atoms with Crippen molar-refractivity contribution >= 4 is 29.3 Å². The van der Waals surface area contributed by atoms with Crippen LogP contribution in [-0.4, -0.2) is 25.1 Å². The van der Waals surface area contributed by atoms with Crippen LogP contribution in [0, 0.1) is 24.5 Å². The molecule has 0 fully saturated rings. The molecule has 7 heteroatoms. The molecule has 0 saturated carbocycles. The third-order valence-electron chi connectivity index (χ3n) is 3.99. The Morgan fingerprint density at radius 2 is 1.75 bits per heavy atom. The van der Waals surface area contributed by atoms with Crippen LogP contribution in [0.5, 0.6) is 5.75 Å². The number of hydrogen-bond acceptors (Lipinski definition) is 6. The van der Waals surface area contributed by atoms with Gasteiger partial charge in [-0.1, -0.05) is 19.1 Å². The van der Waals surface area contributed by atoms with Gasteiger partial charge in [0.15, 0.2) is 13.2 Å². The maximum atomic E-state index is 12.1. The molecule has 0 aliphatic rings. The fraction of sp³-hybridized carbons (Fsp3) is 0.286. The highest BCUT2D eigenvalue weighted by atomic mass is 32.2. The lowest BCUT2D eigenvalue weighted by molar-refractivity contribution is -0.149. The zero-order valence-corrected chi connectivity index (χ0v) is 16.9. The van der Waals surface area contributed by atoms with E-state index in [4.69, 9.17) is 14.7 Å². The number of rotatable bonds is 8. The van der Waals surface area contributed by atoms with Gasteiger partial charge in [-0.2, -0.15) is 5.26 Å². The predicted molar refractivity (Wildman–Crippen MR) is 108 cm³/mol. The second-order valence-electron chi connectivity index (χ2n) is 6.12. The summed E-state index contributed by atoms with van der Waals surface area (Å²) in [6.07, 6.45) is 0.927. The molecule has 0 atom stereocenters. The second-order valence-corrected chi connectivity index (χ2v) is 6.98. The van der Waals surface area contributed by atoms with Crippen LogP contribution in [0.2, 0.25) is 0 Å².